The van der Waals surface area contributed by atoms with Crippen molar-refractivity contribution >= 4 is 5.97 Å². The summed E-state index contributed by atoms with van der Waals surface area (Å²) < 4.78 is 28.8. The Labute approximate surface area is 105 Å². The molecule has 4 nitrogen and oxygen atoms in total. The molecule has 1 atom stereocenters. The van der Waals surface area contributed by atoms with Gasteiger partial charge in [-0.3, -0.25) is 0 Å². The number of halogens is 1. The first-order valence-corrected chi connectivity index (χ1v) is 5.83. The van der Waals surface area contributed by atoms with Crippen LogP contribution in [-0.2, 0) is 9.47 Å². The molecule has 5 heteroatoms. The van der Waals surface area contributed by atoms with Crippen molar-refractivity contribution in [3.8, 4) is 5.75 Å². The highest BCUT2D eigenvalue weighted by molar-refractivity contribution is 5.89. The Morgan fingerprint density at radius 1 is 1.56 bits per heavy atom. The van der Waals surface area contributed by atoms with Crippen LogP contribution in [0.3, 0.4) is 0 Å². The van der Waals surface area contributed by atoms with E-state index in [2.05, 4.69) is 0 Å². The summed E-state index contributed by atoms with van der Waals surface area (Å²) in [5.74, 6) is -0.958. The van der Waals surface area contributed by atoms with E-state index >= 15 is 0 Å². The van der Waals surface area contributed by atoms with Crippen LogP contribution in [0.4, 0.5) is 4.39 Å². The zero-order valence-corrected chi connectivity index (χ0v) is 10.1. The van der Waals surface area contributed by atoms with Gasteiger partial charge in [0, 0.05) is 12.7 Å². The van der Waals surface area contributed by atoms with Gasteiger partial charge in [0.2, 0.25) is 0 Å². The molecule has 1 unspecified atom stereocenters. The standard InChI is InChI=1S/C13H15FO4/c1-16-9-4-5-11(12(14)7-9)13(15)18-8-10-3-2-6-17-10/h4-5,7,10H,2-3,6,8H2,1H3. The highest BCUT2D eigenvalue weighted by Gasteiger charge is 2.19. The van der Waals surface area contributed by atoms with E-state index in [9.17, 15) is 9.18 Å². The predicted octanol–water partition coefficient (Wildman–Crippen LogP) is 2.17. The fourth-order valence-electron chi connectivity index (χ4n) is 1.81. The molecule has 1 aliphatic rings. The third-order valence-corrected chi connectivity index (χ3v) is 2.82. The number of esters is 1. The highest BCUT2D eigenvalue weighted by Crippen LogP contribution is 2.18. The minimum absolute atomic E-state index is 0.0599. The van der Waals surface area contributed by atoms with Crippen molar-refractivity contribution in [3.05, 3.63) is 29.6 Å². The van der Waals surface area contributed by atoms with Crippen molar-refractivity contribution < 1.29 is 23.4 Å². The van der Waals surface area contributed by atoms with E-state index in [1.54, 1.807) is 0 Å². The fourth-order valence-corrected chi connectivity index (χ4v) is 1.81. The van der Waals surface area contributed by atoms with Gasteiger partial charge < -0.3 is 14.2 Å². The van der Waals surface area contributed by atoms with Crippen LogP contribution in [0.15, 0.2) is 18.2 Å². The molecule has 0 saturated carbocycles. The number of ether oxygens (including phenoxy) is 3. The van der Waals surface area contributed by atoms with Crippen molar-refractivity contribution in [2.75, 3.05) is 20.3 Å². The summed E-state index contributed by atoms with van der Waals surface area (Å²) in [6, 6.07) is 4.03. The summed E-state index contributed by atoms with van der Waals surface area (Å²) >= 11 is 0. The van der Waals surface area contributed by atoms with Crippen LogP contribution in [0.25, 0.3) is 0 Å². The van der Waals surface area contributed by atoms with E-state index in [0.29, 0.717) is 12.4 Å². The minimum Gasteiger partial charge on any atom is -0.497 e. The molecule has 0 amide bonds. The second kappa shape index (κ2) is 5.82. The molecular formula is C13H15FO4. The second-order valence-electron chi connectivity index (χ2n) is 4.08. The summed E-state index contributed by atoms with van der Waals surface area (Å²) in [7, 11) is 1.43. The van der Waals surface area contributed by atoms with Crippen LogP contribution in [0.2, 0.25) is 0 Å². The van der Waals surface area contributed by atoms with E-state index in [1.807, 2.05) is 0 Å². The van der Waals surface area contributed by atoms with Crippen LogP contribution in [-0.4, -0.2) is 32.4 Å². The van der Waals surface area contributed by atoms with Crippen LogP contribution in [0.1, 0.15) is 23.2 Å². The van der Waals surface area contributed by atoms with Gasteiger partial charge in [-0.05, 0) is 25.0 Å². The van der Waals surface area contributed by atoms with Gasteiger partial charge in [0.1, 0.15) is 18.2 Å². The van der Waals surface area contributed by atoms with Gasteiger partial charge >= 0.3 is 5.97 Å². The van der Waals surface area contributed by atoms with Gasteiger partial charge in [-0.25, -0.2) is 9.18 Å². The first-order chi connectivity index (χ1) is 8.70. The molecular weight excluding hydrogens is 239 g/mol. The number of rotatable bonds is 4. The van der Waals surface area contributed by atoms with Crippen molar-refractivity contribution in [2.45, 2.75) is 18.9 Å². The number of carbonyl (C=O) groups excluding carboxylic acids is 1. The van der Waals surface area contributed by atoms with Gasteiger partial charge in [0.05, 0.1) is 18.8 Å². The fraction of sp³-hybridized carbons (Fsp3) is 0.462. The Balaban J connectivity index is 1.95. The molecule has 98 valence electrons. The van der Waals surface area contributed by atoms with Gasteiger partial charge in [0.25, 0.3) is 0 Å². The first kappa shape index (κ1) is 12.8. The Kier molecular flexibility index (Phi) is 4.15. The van der Waals surface area contributed by atoms with Gasteiger partial charge in [-0.2, -0.15) is 0 Å². The average Bonchev–Trinajstić information content (AvgIpc) is 2.88. The summed E-state index contributed by atoms with van der Waals surface area (Å²) in [4.78, 5) is 11.7. The van der Waals surface area contributed by atoms with Gasteiger partial charge in [-0.15, -0.1) is 0 Å². The van der Waals surface area contributed by atoms with Gasteiger partial charge in [-0.1, -0.05) is 0 Å². The molecule has 0 aliphatic carbocycles. The largest absolute Gasteiger partial charge is 0.497 e. The molecule has 1 aromatic carbocycles. The molecule has 0 bridgehead atoms. The Morgan fingerprint density at radius 3 is 3.00 bits per heavy atom. The number of hydrogen-bond donors (Lipinski definition) is 0. The van der Waals surface area contributed by atoms with Crippen LogP contribution < -0.4 is 4.74 Å². The topological polar surface area (TPSA) is 44.8 Å². The second-order valence-corrected chi connectivity index (χ2v) is 4.08. The van der Waals surface area contributed by atoms with Crippen LogP contribution >= 0.6 is 0 Å². The molecule has 1 aliphatic heterocycles. The lowest BCUT2D eigenvalue weighted by atomic mass is 10.2. The molecule has 0 radical (unpaired) electrons. The van der Waals surface area contributed by atoms with E-state index < -0.39 is 11.8 Å². The molecule has 1 fully saturated rings. The lowest BCUT2D eigenvalue weighted by molar-refractivity contribution is 0.0157. The zero-order chi connectivity index (χ0) is 13.0. The predicted molar refractivity (Wildman–Crippen MR) is 62.2 cm³/mol. The summed E-state index contributed by atoms with van der Waals surface area (Å²) in [5.41, 5.74) is -0.0891. The SMILES string of the molecule is COc1ccc(C(=O)OCC2CCCO2)c(F)c1. The third-order valence-electron chi connectivity index (χ3n) is 2.82. The number of methoxy groups -OCH3 is 1. The maximum absolute atomic E-state index is 13.6. The van der Waals surface area contributed by atoms with Crippen LogP contribution in [0.5, 0.6) is 5.75 Å². The third kappa shape index (κ3) is 2.98. The quantitative estimate of drug-likeness (QED) is 0.772. The number of benzene rings is 1. The lowest BCUT2D eigenvalue weighted by Gasteiger charge is -2.10. The maximum atomic E-state index is 13.6. The summed E-state index contributed by atoms with van der Waals surface area (Å²) in [6.07, 6.45) is 1.78. The van der Waals surface area contributed by atoms with Crippen molar-refractivity contribution in [2.24, 2.45) is 0 Å². The molecule has 1 saturated heterocycles. The number of carbonyl (C=O) groups is 1. The Morgan fingerprint density at radius 2 is 2.39 bits per heavy atom. The number of hydrogen-bond acceptors (Lipinski definition) is 4. The van der Waals surface area contributed by atoms with Crippen molar-refractivity contribution in [1.82, 2.24) is 0 Å². The smallest absolute Gasteiger partial charge is 0.341 e. The van der Waals surface area contributed by atoms with Crippen LogP contribution in [0, 0.1) is 5.82 Å². The molecule has 1 aromatic rings. The van der Waals surface area contributed by atoms with Gasteiger partial charge in [0.15, 0.2) is 0 Å². The van der Waals surface area contributed by atoms with E-state index in [1.165, 1.54) is 19.2 Å². The Hall–Kier alpha value is -1.62. The van der Waals surface area contributed by atoms with E-state index in [4.69, 9.17) is 14.2 Å². The van der Waals surface area contributed by atoms with E-state index in [-0.39, 0.29) is 18.3 Å². The molecule has 1 heterocycles. The minimum atomic E-state index is -0.675. The Bertz CT molecular complexity index is 427. The van der Waals surface area contributed by atoms with E-state index in [0.717, 1.165) is 18.9 Å². The van der Waals surface area contributed by atoms with Crippen molar-refractivity contribution in [3.63, 3.8) is 0 Å². The molecule has 0 N–H and O–H groups in total. The summed E-state index contributed by atoms with van der Waals surface area (Å²) in [5, 5.41) is 0. The monoisotopic (exact) mass is 254 g/mol. The molecule has 18 heavy (non-hydrogen) atoms. The average molecular weight is 254 g/mol. The lowest BCUT2D eigenvalue weighted by Crippen LogP contribution is -2.18. The normalized spacial score (nSPS) is 18.7. The maximum Gasteiger partial charge on any atom is 0.341 e. The summed E-state index contributed by atoms with van der Waals surface area (Å²) in [6.45, 7) is 0.865. The highest BCUT2D eigenvalue weighted by atomic mass is 19.1. The van der Waals surface area contributed by atoms with Crippen molar-refractivity contribution in [1.29, 1.82) is 0 Å². The molecule has 0 spiro atoms. The zero-order valence-electron chi connectivity index (χ0n) is 10.1. The molecule has 0 aromatic heterocycles. The first-order valence-electron chi connectivity index (χ1n) is 5.83. The molecule has 2 rings (SSSR count).